The van der Waals surface area contributed by atoms with Crippen LogP contribution in [0.15, 0.2) is 64.4 Å². The van der Waals surface area contributed by atoms with Crippen LogP contribution >= 0.6 is 0 Å². The minimum absolute atomic E-state index is 0.0105. The fourth-order valence-corrected chi connectivity index (χ4v) is 11.8. The number of anilines is 1. The molecule has 5 aromatic rings. The monoisotopic (exact) mass is 1330 g/mol. The zero-order valence-electron chi connectivity index (χ0n) is 55.4. The number of hydrogen-bond acceptors (Lipinski definition) is 16. The van der Waals surface area contributed by atoms with E-state index in [1.165, 1.54) is 11.7 Å². The number of carbonyl (C=O) groups excluding carboxylic acids is 4. The fourth-order valence-electron chi connectivity index (χ4n) is 11.8. The van der Waals surface area contributed by atoms with Gasteiger partial charge in [0, 0.05) is 63.5 Å². The minimum Gasteiger partial charge on any atom is -0.492 e. The molecule has 2 aromatic heterocycles. The van der Waals surface area contributed by atoms with E-state index in [1.807, 2.05) is 92.6 Å². The Balaban J connectivity index is 0.000000181. The summed E-state index contributed by atoms with van der Waals surface area (Å²) in [5.74, 6) is -6.72. The third-order valence-corrected chi connectivity index (χ3v) is 17.8. The number of aromatic nitrogens is 2. The lowest BCUT2D eigenvalue weighted by atomic mass is 9.78. The summed E-state index contributed by atoms with van der Waals surface area (Å²) in [4.78, 5) is 88.0. The van der Waals surface area contributed by atoms with Crippen molar-refractivity contribution in [2.75, 3.05) is 58.4 Å². The SMILES string of the molecule is COc1c(F)c(F)cc2c(=O)c(C(=O)OB(F)F)cn([C@@H]3C[C@@H]3F)c12.COc1c(N2CC(C)C(C)(N)C2)c(F)cc2c(=O)c(C(=O)O)cn([C@@H]3C[C@@H]3F)c12.C[C@@H]1CN(C(=O)OCc2ccccc2)C[C@@]1(C)CC(=O)OC(C)(C)C.C[C@@H]1CNC[C@@]1(C)CC(=O)OC(C)(C)C. The Morgan fingerprint density at radius 2 is 1.21 bits per heavy atom. The summed E-state index contributed by atoms with van der Waals surface area (Å²) in [6.07, 6.45) is 0.0519. The van der Waals surface area contributed by atoms with E-state index in [-0.39, 0.29) is 93.6 Å². The van der Waals surface area contributed by atoms with Crippen molar-refractivity contribution in [3.63, 3.8) is 0 Å². The normalized spacial score (nSPS) is 25.2. The van der Waals surface area contributed by atoms with Gasteiger partial charge in [0.25, 0.3) is 0 Å². The van der Waals surface area contributed by atoms with Crippen LogP contribution in [0.25, 0.3) is 21.8 Å². The van der Waals surface area contributed by atoms with E-state index in [4.69, 9.17) is 29.4 Å². The second-order valence-corrected chi connectivity index (χ2v) is 27.9. The van der Waals surface area contributed by atoms with Gasteiger partial charge in [-0.1, -0.05) is 65.0 Å². The van der Waals surface area contributed by atoms with Crippen LogP contribution in [-0.2, 0) is 35.1 Å². The van der Waals surface area contributed by atoms with Gasteiger partial charge in [0.15, 0.2) is 23.1 Å². The lowest BCUT2D eigenvalue weighted by Crippen LogP contribution is -2.43. The largest absolute Gasteiger partial charge is 0.798 e. The van der Waals surface area contributed by atoms with Crippen molar-refractivity contribution in [2.24, 2.45) is 34.3 Å². The number of carboxylic acid groups (broad SMARTS) is 1. The van der Waals surface area contributed by atoms with Crippen molar-refractivity contribution in [1.29, 1.82) is 0 Å². The van der Waals surface area contributed by atoms with Crippen molar-refractivity contribution in [1.82, 2.24) is 19.4 Å². The van der Waals surface area contributed by atoms with Gasteiger partial charge in [0.1, 0.15) is 47.0 Å². The topological polar surface area (TPSA) is 249 Å². The molecule has 514 valence electrons. The van der Waals surface area contributed by atoms with E-state index in [1.54, 1.807) is 9.80 Å². The van der Waals surface area contributed by atoms with E-state index < -0.39 is 106 Å². The Morgan fingerprint density at radius 1 is 0.713 bits per heavy atom. The number of carbonyl (C=O) groups is 5. The predicted molar refractivity (Wildman–Crippen MR) is 337 cm³/mol. The van der Waals surface area contributed by atoms with E-state index >= 15 is 4.39 Å². The number of rotatable bonds is 14. The van der Waals surface area contributed by atoms with Crippen molar-refractivity contribution in [3.8, 4) is 11.5 Å². The molecule has 2 saturated carbocycles. The number of carboxylic acids is 1. The Bertz CT molecular complexity index is 3790. The van der Waals surface area contributed by atoms with Gasteiger partial charge in [-0.05, 0) is 101 Å². The first-order valence-corrected chi connectivity index (χ1v) is 30.8. The standard InChI is InChI=1S/C20H23F2N3O4.C20H29NO4.C14H9BF5NO4.C12H23NO2/c1-9-6-24(8-20(9,2)23)16-13(22)4-10-15(18(16)29-3)25(14-5-12(14)21)7-11(17(10)26)19(27)28;1-15-12-21(18(23)24-13-16-9-7-6-8-10-16)14-20(15,5)11-17(22)25-19(2,3)4;1-24-13-10(18)8(17)2-5-11(13)21(9-3-7(9)16)4-6(12(5)22)14(23)25-15(19)20;1-9-7-13-8-12(9,5)6-10(14)15-11(2,3)4/h4,7,9,12,14H,5-6,8,23H2,1-3H3,(H,27,28);6-10,15H,11-14H2,1-5H3;2,4,7,9H,3H2,1H3;9,13H,6-8H2,1-5H3/t9?,12-,14+,20?;15-,20-;7-,9+;9-,12-/m0101/s1. The smallest absolute Gasteiger partial charge is 0.492 e. The first kappa shape index (κ1) is 73.5. The molecule has 10 atom stereocenters. The maximum atomic E-state index is 15.2. The average molecular weight is 1330 g/mol. The number of ether oxygens (including phenoxy) is 5. The highest BCUT2D eigenvalue weighted by Gasteiger charge is 2.47. The Morgan fingerprint density at radius 3 is 1.67 bits per heavy atom. The average Bonchev–Trinajstić information content (AvgIpc) is 1.28. The molecule has 28 heteroatoms. The molecule has 3 aliphatic heterocycles. The zero-order chi connectivity index (χ0) is 70.1. The number of likely N-dealkylation sites (tertiary alicyclic amines) is 1. The summed E-state index contributed by atoms with van der Waals surface area (Å²) in [6.45, 7) is 27.7. The summed E-state index contributed by atoms with van der Waals surface area (Å²) in [7, 11) is -1.12. The molecule has 0 bridgehead atoms. The number of methoxy groups -OCH3 is 2. The molecular formula is C66H84BF7N6O14. The third-order valence-electron chi connectivity index (χ3n) is 17.8. The summed E-state index contributed by atoms with van der Waals surface area (Å²) in [5.41, 5.74) is 2.32. The van der Waals surface area contributed by atoms with Crippen LogP contribution in [0, 0.1) is 46.0 Å². The second kappa shape index (κ2) is 28.6. The van der Waals surface area contributed by atoms with Crippen LogP contribution < -0.4 is 36.3 Å². The number of halogens is 7. The highest BCUT2D eigenvalue weighted by Crippen LogP contribution is 2.48. The summed E-state index contributed by atoms with van der Waals surface area (Å²) >= 11 is 0. The molecule has 5 fully saturated rings. The van der Waals surface area contributed by atoms with Gasteiger partial charge in [-0.25, -0.2) is 40.6 Å². The molecular weight excluding hydrogens is 1240 g/mol. The van der Waals surface area contributed by atoms with Crippen molar-refractivity contribution >= 4 is 64.9 Å². The molecule has 2 unspecified atom stereocenters. The number of fused-ring (bicyclic) bond motifs is 2. The number of benzene rings is 3. The minimum atomic E-state index is -3.48. The number of nitrogens with one attached hydrogen (secondary N) is 1. The van der Waals surface area contributed by atoms with Crippen LogP contribution in [0.5, 0.6) is 11.5 Å². The van der Waals surface area contributed by atoms with Gasteiger partial charge in [-0.3, -0.25) is 19.2 Å². The maximum absolute atomic E-state index is 15.2. The van der Waals surface area contributed by atoms with Gasteiger partial charge in [-0.2, -0.15) is 4.39 Å². The van der Waals surface area contributed by atoms with Gasteiger partial charge >= 0.3 is 37.4 Å². The zero-order valence-corrected chi connectivity index (χ0v) is 55.4. The van der Waals surface area contributed by atoms with Crippen molar-refractivity contribution in [2.45, 2.75) is 157 Å². The number of esters is 2. The van der Waals surface area contributed by atoms with Crippen LogP contribution in [0.2, 0.25) is 0 Å². The molecule has 4 N–H and O–H groups in total. The molecule has 2 aliphatic carbocycles. The fraction of sp³-hybridized carbons (Fsp3) is 0.561. The first-order chi connectivity index (χ1) is 43.6. The van der Waals surface area contributed by atoms with Gasteiger partial charge in [0.2, 0.25) is 16.7 Å². The lowest BCUT2D eigenvalue weighted by molar-refractivity contribution is -0.159. The molecule has 1 amide bonds. The molecule has 3 saturated heterocycles. The number of hydrogen-bond donors (Lipinski definition) is 3. The van der Waals surface area contributed by atoms with Gasteiger partial charge in [-0.15, -0.1) is 0 Å². The van der Waals surface area contributed by atoms with E-state index in [9.17, 15) is 64.9 Å². The van der Waals surface area contributed by atoms with Crippen molar-refractivity contribution in [3.05, 3.63) is 109 Å². The molecule has 10 rings (SSSR count). The van der Waals surface area contributed by atoms with Crippen LogP contribution in [-0.4, -0.2) is 139 Å². The molecule has 94 heavy (non-hydrogen) atoms. The van der Waals surface area contributed by atoms with E-state index in [2.05, 4.69) is 30.7 Å². The number of alkyl halides is 2. The molecule has 20 nitrogen and oxygen atoms in total. The summed E-state index contributed by atoms with van der Waals surface area (Å²) in [5, 5.41) is 12.0. The van der Waals surface area contributed by atoms with E-state index in [0.717, 1.165) is 48.8 Å². The van der Waals surface area contributed by atoms with E-state index in [0.29, 0.717) is 51.0 Å². The number of nitrogens with zero attached hydrogens (tertiary/aromatic N) is 4. The van der Waals surface area contributed by atoms with Crippen LogP contribution in [0.4, 0.5) is 41.1 Å². The van der Waals surface area contributed by atoms with Crippen molar-refractivity contribution < 1.29 is 88.0 Å². The molecule has 5 heterocycles. The Labute approximate surface area is 540 Å². The Hall–Kier alpha value is -7.88. The number of amides is 1. The van der Waals surface area contributed by atoms with Crippen LogP contribution in [0.3, 0.4) is 0 Å². The molecule has 5 aliphatic rings. The lowest BCUT2D eigenvalue weighted by Gasteiger charge is -2.29. The number of nitrogens with two attached hydrogens (primary N) is 1. The first-order valence-electron chi connectivity index (χ1n) is 30.8. The molecule has 0 spiro atoms. The predicted octanol–water partition coefficient (Wildman–Crippen LogP) is 10.9. The van der Waals surface area contributed by atoms with Crippen LogP contribution in [0.1, 0.15) is 147 Å². The Kier molecular flexibility index (Phi) is 22.4. The van der Waals surface area contributed by atoms with Gasteiger partial charge < -0.3 is 63.4 Å². The summed E-state index contributed by atoms with van der Waals surface area (Å²) < 4.78 is 127. The quantitative estimate of drug-likeness (QED) is 0.0404. The molecule has 3 aromatic carbocycles. The summed E-state index contributed by atoms with van der Waals surface area (Å²) in [6, 6.07) is 9.62. The molecule has 0 radical (unpaired) electrons. The highest BCUT2D eigenvalue weighted by atomic mass is 19.2. The second-order valence-electron chi connectivity index (χ2n) is 27.9. The maximum Gasteiger partial charge on any atom is 0.798 e. The van der Waals surface area contributed by atoms with Gasteiger partial charge in [0.05, 0.1) is 61.0 Å². The number of pyridine rings is 2. The highest BCUT2D eigenvalue weighted by molar-refractivity contribution is 6.38. The third kappa shape index (κ3) is 17.1. The number of aromatic carboxylic acids is 1.